The molecule has 0 fully saturated rings. The van der Waals surface area contributed by atoms with E-state index in [1.54, 1.807) is 18.2 Å². The zero-order valence-corrected chi connectivity index (χ0v) is 10.7. The zero-order valence-electron chi connectivity index (χ0n) is 10.7. The molecular weight excluding hydrogens is 248 g/mol. The van der Waals surface area contributed by atoms with E-state index in [0.717, 1.165) is 5.56 Å². The highest BCUT2D eigenvalue weighted by Crippen LogP contribution is 2.19. The lowest BCUT2D eigenvalue weighted by atomic mass is 9.88. The Labute approximate surface area is 111 Å². The van der Waals surface area contributed by atoms with Crippen LogP contribution in [-0.2, 0) is 16.0 Å². The van der Waals surface area contributed by atoms with Gasteiger partial charge in [-0.25, -0.2) is 0 Å². The molecule has 0 bridgehead atoms. The van der Waals surface area contributed by atoms with Gasteiger partial charge in [0.2, 0.25) is 0 Å². The molecule has 1 rings (SSSR count). The molecule has 6 heteroatoms. The number of non-ortho nitro benzene ring substituents is 1. The second-order valence-corrected chi connectivity index (χ2v) is 4.24. The average Bonchev–Trinajstić information content (AvgIpc) is 2.38. The van der Waals surface area contributed by atoms with Gasteiger partial charge in [-0.1, -0.05) is 18.2 Å². The van der Waals surface area contributed by atoms with E-state index in [9.17, 15) is 14.9 Å². The second kappa shape index (κ2) is 6.10. The van der Waals surface area contributed by atoms with Crippen LogP contribution in [0.5, 0.6) is 0 Å². The summed E-state index contributed by atoms with van der Waals surface area (Å²) in [7, 11) is 1.27. The van der Waals surface area contributed by atoms with E-state index < -0.39 is 16.4 Å². The first-order valence-corrected chi connectivity index (χ1v) is 5.64. The van der Waals surface area contributed by atoms with Crippen molar-refractivity contribution in [3.63, 3.8) is 0 Å². The summed E-state index contributed by atoms with van der Waals surface area (Å²) in [5.74, 6) is -0.536. The number of methoxy groups -OCH3 is 1. The zero-order chi connectivity index (χ0) is 14.5. The Morgan fingerprint density at radius 2 is 2.11 bits per heavy atom. The predicted octanol–water partition coefficient (Wildman–Crippen LogP) is 1.58. The minimum Gasteiger partial charge on any atom is -0.468 e. The molecule has 0 saturated heterocycles. The van der Waals surface area contributed by atoms with Gasteiger partial charge in [0, 0.05) is 18.6 Å². The van der Waals surface area contributed by atoms with Crippen molar-refractivity contribution in [1.29, 1.82) is 0 Å². The van der Waals surface area contributed by atoms with Gasteiger partial charge in [0.05, 0.1) is 12.0 Å². The minimum absolute atomic E-state index is 0.00633. The fraction of sp³-hybridized carbons (Fsp3) is 0.308. The van der Waals surface area contributed by atoms with Gasteiger partial charge in [-0.2, -0.15) is 0 Å². The smallest absolute Gasteiger partial charge is 0.326 e. The molecule has 0 aliphatic heterocycles. The molecule has 0 spiro atoms. The Hall–Kier alpha value is -2.21. The second-order valence-electron chi connectivity index (χ2n) is 4.24. The van der Waals surface area contributed by atoms with Crippen LogP contribution in [0.4, 0.5) is 5.69 Å². The molecule has 0 aromatic heterocycles. The summed E-state index contributed by atoms with van der Waals surface area (Å²) in [6.45, 7) is 3.56. The van der Waals surface area contributed by atoms with E-state index in [0.29, 0.717) is 0 Å². The lowest BCUT2D eigenvalue weighted by molar-refractivity contribution is -0.384. The molecule has 1 aromatic rings. The Balaban J connectivity index is 2.93. The van der Waals surface area contributed by atoms with Gasteiger partial charge in [-0.3, -0.25) is 14.9 Å². The van der Waals surface area contributed by atoms with Crippen molar-refractivity contribution in [3.05, 3.63) is 52.6 Å². The SMILES string of the molecule is C=CCC(N)(Cc1ccc([N+](=O)[O-])cc1)C(=O)OC. The summed E-state index contributed by atoms with van der Waals surface area (Å²) in [6, 6.07) is 5.90. The van der Waals surface area contributed by atoms with Crippen LogP contribution >= 0.6 is 0 Å². The van der Waals surface area contributed by atoms with Gasteiger partial charge in [-0.15, -0.1) is 6.58 Å². The van der Waals surface area contributed by atoms with Crippen LogP contribution < -0.4 is 5.73 Å². The maximum Gasteiger partial charge on any atom is 0.326 e. The summed E-state index contributed by atoms with van der Waals surface area (Å²) in [6.07, 6.45) is 2.03. The molecule has 0 amide bonds. The van der Waals surface area contributed by atoms with E-state index in [4.69, 9.17) is 5.73 Å². The Morgan fingerprint density at radius 1 is 1.53 bits per heavy atom. The molecule has 0 heterocycles. The molecular formula is C13H16N2O4. The first-order valence-electron chi connectivity index (χ1n) is 5.64. The molecule has 1 atom stereocenters. The third kappa shape index (κ3) is 3.62. The standard InChI is InChI=1S/C13H16N2O4/c1-3-8-13(14,12(16)19-2)9-10-4-6-11(7-5-10)15(17)18/h3-7H,1,8-9,14H2,2H3. The highest BCUT2D eigenvalue weighted by molar-refractivity contribution is 5.81. The van der Waals surface area contributed by atoms with Crippen LogP contribution in [0, 0.1) is 10.1 Å². The van der Waals surface area contributed by atoms with E-state index in [2.05, 4.69) is 11.3 Å². The van der Waals surface area contributed by atoms with Crippen molar-refractivity contribution in [3.8, 4) is 0 Å². The minimum atomic E-state index is -1.20. The number of nitrogens with zero attached hydrogens (tertiary/aromatic N) is 1. The number of carbonyl (C=O) groups is 1. The van der Waals surface area contributed by atoms with Crippen molar-refractivity contribution < 1.29 is 14.5 Å². The Kier molecular flexibility index (Phi) is 4.77. The van der Waals surface area contributed by atoms with Crippen LogP contribution in [0.15, 0.2) is 36.9 Å². The van der Waals surface area contributed by atoms with E-state index in [1.165, 1.54) is 19.2 Å². The number of esters is 1. The highest BCUT2D eigenvalue weighted by Gasteiger charge is 2.34. The Bertz CT molecular complexity index is 484. The van der Waals surface area contributed by atoms with Crippen LogP contribution in [0.3, 0.4) is 0 Å². The lowest BCUT2D eigenvalue weighted by Crippen LogP contribution is -2.50. The molecule has 0 aliphatic carbocycles. The molecule has 6 nitrogen and oxygen atoms in total. The molecule has 0 radical (unpaired) electrons. The van der Waals surface area contributed by atoms with Gasteiger partial charge in [0.15, 0.2) is 0 Å². The van der Waals surface area contributed by atoms with Crippen LogP contribution in [0.25, 0.3) is 0 Å². The summed E-state index contributed by atoms with van der Waals surface area (Å²) in [4.78, 5) is 21.8. The largest absolute Gasteiger partial charge is 0.468 e. The van der Waals surface area contributed by atoms with Crippen molar-refractivity contribution in [1.82, 2.24) is 0 Å². The van der Waals surface area contributed by atoms with Crippen molar-refractivity contribution >= 4 is 11.7 Å². The quantitative estimate of drug-likeness (QED) is 0.364. The van der Waals surface area contributed by atoms with Crippen LogP contribution in [-0.4, -0.2) is 23.5 Å². The van der Waals surface area contributed by atoms with Crippen molar-refractivity contribution in [2.24, 2.45) is 5.73 Å². The first-order chi connectivity index (χ1) is 8.92. The molecule has 0 aliphatic rings. The number of nitrogens with two attached hydrogens (primary N) is 1. The third-order valence-electron chi connectivity index (χ3n) is 2.77. The van der Waals surface area contributed by atoms with Gasteiger partial charge in [0.1, 0.15) is 5.54 Å². The highest BCUT2D eigenvalue weighted by atomic mass is 16.6. The molecule has 0 saturated carbocycles. The van der Waals surface area contributed by atoms with Gasteiger partial charge in [-0.05, 0) is 12.0 Å². The number of hydrogen-bond donors (Lipinski definition) is 1. The average molecular weight is 264 g/mol. The number of nitro benzene ring substituents is 1. The number of nitro groups is 1. The van der Waals surface area contributed by atoms with Crippen molar-refractivity contribution in [2.75, 3.05) is 7.11 Å². The fourth-order valence-electron chi connectivity index (χ4n) is 1.79. The number of rotatable bonds is 6. The maximum absolute atomic E-state index is 11.7. The maximum atomic E-state index is 11.7. The number of hydrogen-bond acceptors (Lipinski definition) is 5. The van der Waals surface area contributed by atoms with Gasteiger partial charge in [0.25, 0.3) is 5.69 Å². The summed E-state index contributed by atoms with van der Waals surface area (Å²) >= 11 is 0. The molecule has 19 heavy (non-hydrogen) atoms. The number of benzene rings is 1. The predicted molar refractivity (Wildman–Crippen MR) is 70.5 cm³/mol. The number of ether oxygens (including phenoxy) is 1. The first kappa shape index (κ1) is 14.8. The summed E-state index contributed by atoms with van der Waals surface area (Å²) in [5.41, 5.74) is 5.53. The topological polar surface area (TPSA) is 95.5 Å². The Morgan fingerprint density at radius 3 is 2.53 bits per heavy atom. The van der Waals surface area contributed by atoms with Gasteiger partial charge >= 0.3 is 5.97 Å². The summed E-state index contributed by atoms with van der Waals surface area (Å²) in [5, 5.41) is 10.5. The van der Waals surface area contributed by atoms with E-state index >= 15 is 0 Å². The lowest BCUT2D eigenvalue weighted by Gasteiger charge is -2.25. The van der Waals surface area contributed by atoms with E-state index in [-0.39, 0.29) is 18.5 Å². The molecule has 2 N–H and O–H groups in total. The van der Waals surface area contributed by atoms with E-state index in [1.807, 2.05) is 0 Å². The van der Waals surface area contributed by atoms with Crippen LogP contribution in [0.2, 0.25) is 0 Å². The summed E-state index contributed by atoms with van der Waals surface area (Å²) < 4.78 is 4.68. The monoisotopic (exact) mass is 264 g/mol. The normalized spacial score (nSPS) is 13.4. The molecule has 1 unspecified atom stereocenters. The third-order valence-corrected chi connectivity index (χ3v) is 2.77. The molecule has 102 valence electrons. The van der Waals surface area contributed by atoms with Crippen molar-refractivity contribution in [2.45, 2.75) is 18.4 Å². The van der Waals surface area contributed by atoms with Crippen LogP contribution in [0.1, 0.15) is 12.0 Å². The molecule has 1 aromatic carbocycles. The number of carbonyl (C=O) groups excluding carboxylic acids is 1. The van der Waals surface area contributed by atoms with Gasteiger partial charge < -0.3 is 10.5 Å². The fourth-order valence-corrected chi connectivity index (χ4v) is 1.79.